The number of sulfonamides is 1. The van der Waals surface area contributed by atoms with Crippen LogP contribution >= 0.6 is 0 Å². The molecule has 226 valence electrons. The highest BCUT2D eigenvalue weighted by atomic mass is 32.2. The second-order valence-electron chi connectivity index (χ2n) is 11.7. The Bertz CT molecular complexity index is 1540. The predicted molar refractivity (Wildman–Crippen MR) is 149 cm³/mol. The Morgan fingerprint density at radius 2 is 1.98 bits per heavy atom. The molecule has 1 fully saturated rings. The van der Waals surface area contributed by atoms with Crippen LogP contribution in [0, 0.1) is 0 Å². The van der Waals surface area contributed by atoms with Crippen molar-refractivity contribution >= 4 is 15.9 Å². The number of nitrogens with one attached hydrogen (secondary N) is 2. The third-order valence-corrected chi connectivity index (χ3v) is 9.21. The van der Waals surface area contributed by atoms with E-state index in [9.17, 15) is 26.4 Å². The number of halogens is 3. The lowest BCUT2D eigenvalue weighted by atomic mass is 9.84. The summed E-state index contributed by atoms with van der Waals surface area (Å²) in [6, 6.07) is 2.11. The Hall–Kier alpha value is -3.65. The number of carbonyl (C=O) groups excluding carboxylic acids is 1. The van der Waals surface area contributed by atoms with Crippen molar-refractivity contribution in [2.24, 2.45) is 0 Å². The Labute approximate surface area is 243 Å². The Balaban J connectivity index is 1.37. The smallest absolute Gasteiger partial charge is 0.361 e. The quantitative estimate of drug-likeness (QED) is 0.495. The minimum absolute atomic E-state index is 0.0294. The van der Waals surface area contributed by atoms with E-state index in [1.165, 1.54) is 5.57 Å². The van der Waals surface area contributed by atoms with Crippen LogP contribution in [0.2, 0.25) is 0 Å². The molecule has 2 N–H and O–H groups in total. The van der Waals surface area contributed by atoms with Gasteiger partial charge in [0.25, 0.3) is 10.0 Å². The van der Waals surface area contributed by atoms with Crippen LogP contribution in [-0.2, 0) is 27.4 Å². The lowest BCUT2D eigenvalue weighted by Gasteiger charge is -2.35. The number of hydrogen-bond donors (Lipinski definition) is 2. The van der Waals surface area contributed by atoms with E-state index in [1.54, 1.807) is 10.9 Å². The molecule has 0 saturated heterocycles. The molecule has 42 heavy (non-hydrogen) atoms. The molecule has 1 aromatic carbocycles. The Morgan fingerprint density at radius 3 is 2.71 bits per heavy atom. The van der Waals surface area contributed by atoms with Crippen LogP contribution in [0.5, 0.6) is 0 Å². The van der Waals surface area contributed by atoms with Gasteiger partial charge in [-0.25, -0.2) is 13.1 Å². The summed E-state index contributed by atoms with van der Waals surface area (Å²) < 4.78 is 69.2. The van der Waals surface area contributed by atoms with Gasteiger partial charge in [0.15, 0.2) is 0 Å². The summed E-state index contributed by atoms with van der Waals surface area (Å²) in [4.78, 5) is 14.5. The molecule has 2 aliphatic heterocycles. The third kappa shape index (κ3) is 6.38. The van der Waals surface area contributed by atoms with Crippen LogP contribution < -0.4 is 10.6 Å². The minimum atomic E-state index is -4.72. The summed E-state index contributed by atoms with van der Waals surface area (Å²) in [6.45, 7) is 7.82. The van der Waals surface area contributed by atoms with Gasteiger partial charge in [-0.2, -0.15) is 13.2 Å². The van der Waals surface area contributed by atoms with Crippen molar-refractivity contribution in [3.63, 3.8) is 0 Å². The van der Waals surface area contributed by atoms with Gasteiger partial charge in [-0.05, 0) is 69.4 Å². The Kier molecular flexibility index (Phi) is 7.96. The number of aromatic nitrogens is 3. The van der Waals surface area contributed by atoms with Gasteiger partial charge in [-0.3, -0.25) is 14.4 Å². The summed E-state index contributed by atoms with van der Waals surface area (Å²) in [5.74, 6) is -0.623. The maximum Gasteiger partial charge on any atom is 0.416 e. The van der Waals surface area contributed by atoms with Crippen molar-refractivity contribution in [3.05, 3.63) is 77.5 Å². The molecule has 2 atom stereocenters. The van der Waals surface area contributed by atoms with E-state index in [1.807, 2.05) is 0 Å². The lowest BCUT2D eigenvalue weighted by molar-refractivity contribution is -0.137. The number of amides is 1. The van der Waals surface area contributed by atoms with Gasteiger partial charge in [0.05, 0.1) is 28.9 Å². The van der Waals surface area contributed by atoms with Crippen molar-refractivity contribution in [1.29, 1.82) is 0 Å². The highest BCUT2D eigenvalue weighted by Gasteiger charge is 2.38. The standard InChI is InChI=1S/C28H34F3N7O3S/c1-27(2,3)33-18-36-12-10-19-6-4-9-24(23(19)17-36)37-16-21(34-35-37)15-25-26(39)32-11-13-38(25)42(40,41)22-8-5-7-20(14-22)28(29,30)31/h5,7-8,10-11,13-14,16-17,24-25,33H,4,6,9,12,15,18H2,1-3H3,(H,32,39). The summed E-state index contributed by atoms with van der Waals surface area (Å²) >= 11 is 0. The molecule has 2 aromatic rings. The van der Waals surface area contributed by atoms with Crippen LogP contribution in [0.3, 0.4) is 0 Å². The van der Waals surface area contributed by atoms with Gasteiger partial charge in [0.1, 0.15) is 6.04 Å². The summed E-state index contributed by atoms with van der Waals surface area (Å²) in [6.07, 6.45) is 6.33. The second-order valence-corrected chi connectivity index (χ2v) is 13.5. The van der Waals surface area contributed by atoms with E-state index in [2.05, 4.69) is 58.9 Å². The van der Waals surface area contributed by atoms with Crippen molar-refractivity contribution < 1.29 is 26.4 Å². The molecule has 3 aliphatic rings. The second kappa shape index (κ2) is 11.2. The zero-order chi connectivity index (χ0) is 30.3. The fraction of sp³-hybridized carbons (Fsp3) is 0.464. The summed E-state index contributed by atoms with van der Waals surface area (Å²) in [5.41, 5.74) is 1.67. The van der Waals surface area contributed by atoms with E-state index in [4.69, 9.17) is 0 Å². The maximum atomic E-state index is 13.4. The minimum Gasteiger partial charge on any atom is -0.361 e. The average molecular weight is 606 g/mol. The molecule has 5 rings (SSSR count). The number of allylic oxidation sites excluding steroid dienone is 2. The molecule has 14 heteroatoms. The maximum absolute atomic E-state index is 13.4. The molecule has 1 aliphatic carbocycles. The number of fused-ring (bicyclic) bond motifs is 1. The van der Waals surface area contributed by atoms with Gasteiger partial charge in [0, 0.05) is 43.3 Å². The highest BCUT2D eigenvalue weighted by Crippen LogP contribution is 2.39. The molecular weight excluding hydrogens is 571 g/mol. The number of carbonyl (C=O) groups is 1. The van der Waals surface area contributed by atoms with E-state index < -0.39 is 38.6 Å². The zero-order valence-corrected chi connectivity index (χ0v) is 24.4. The molecule has 1 amide bonds. The Morgan fingerprint density at radius 1 is 1.19 bits per heavy atom. The molecule has 10 nitrogen and oxygen atoms in total. The van der Waals surface area contributed by atoms with Crippen LogP contribution in [0.25, 0.3) is 0 Å². The number of hydrogen-bond acceptors (Lipinski definition) is 7. The number of rotatable bonds is 7. The van der Waals surface area contributed by atoms with Crippen molar-refractivity contribution in [3.8, 4) is 0 Å². The predicted octanol–water partition coefficient (Wildman–Crippen LogP) is 3.70. The van der Waals surface area contributed by atoms with Gasteiger partial charge in [-0.15, -0.1) is 5.10 Å². The van der Waals surface area contributed by atoms with E-state index in [-0.39, 0.29) is 18.0 Å². The van der Waals surface area contributed by atoms with Crippen LogP contribution in [0.15, 0.2) is 71.2 Å². The normalized spacial score (nSPS) is 21.5. The van der Waals surface area contributed by atoms with Crippen molar-refractivity contribution in [2.45, 2.75) is 75.1 Å². The number of alkyl halides is 3. The lowest BCUT2D eigenvalue weighted by Crippen LogP contribution is -2.50. The molecule has 3 heterocycles. The fourth-order valence-electron chi connectivity index (χ4n) is 5.24. The zero-order valence-electron chi connectivity index (χ0n) is 23.6. The van der Waals surface area contributed by atoms with Crippen molar-refractivity contribution in [2.75, 3.05) is 13.2 Å². The third-order valence-electron chi connectivity index (χ3n) is 7.43. The van der Waals surface area contributed by atoms with Crippen LogP contribution in [-0.4, -0.2) is 63.3 Å². The monoisotopic (exact) mass is 605 g/mol. The number of nitrogens with zero attached hydrogens (tertiary/aromatic N) is 5. The van der Waals surface area contributed by atoms with Crippen molar-refractivity contribution in [1.82, 2.24) is 34.8 Å². The molecule has 1 saturated carbocycles. The molecule has 0 spiro atoms. The van der Waals surface area contributed by atoms with Gasteiger partial charge in [-0.1, -0.05) is 17.4 Å². The largest absolute Gasteiger partial charge is 0.416 e. The van der Waals surface area contributed by atoms with E-state index in [0.717, 1.165) is 66.3 Å². The summed E-state index contributed by atoms with van der Waals surface area (Å²) in [5, 5.41) is 14.6. The van der Waals surface area contributed by atoms with Gasteiger partial charge >= 0.3 is 6.18 Å². The molecular formula is C28H34F3N7O3S. The van der Waals surface area contributed by atoms with E-state index in [0.29, 0.717) is 18.4 Å². The van der Waals surface area contributed by atoms with Gasteiger partial charge < -0.3 is 10.2 Å². The van der Waals surface area contributed by atoms with Gasteiger partial charge in [0.2, 0.25) is 5.91 Å². The molecule has 0 bridgehead atoms. The first-order valence-electron chi connectivity index (χ1n) is 13.7. The SMILES string of the molecule is CC(C)(C)NCN1C=C2C(=CC1)CCCC2n1cc(CC2C(=O)NC=CN2S(=O)(=O)c2cccc(C(F)(F)F)c2)nn1. The summed E-state index contributed by atoms with van der Waals surface area (Å²) in [7, 11) is -4.50. The average Bonchev–Trinajstić information content (AvgIpc) is 3.40. The number of benzene rings is 1. The fourth-order valence-corrected chi connectivity index (χ4v) is 6.74. The van der Waals surface area contributed by atoms with E-state index >= 15 is 0 Å². The molecule has 0 radical (unpaired) electrons. The van der Waals surface area contributed by atoms with Crippen LogP contribution in [0.4, 0.5) is 13.2 Å². The first-order valence-corrected chi connectivity index (χ1v) is 15.2. The first-order chi connectivity index (χ1) is 19.7. The first kappa shape index (κ1) is 29.8. The van der Waals surface area contributed by atoms with Crippen LogP contribution in [0.1, 0.15) is 57.3 Å². The molecule has 2 unspecified atom stereocenters. The topological polar surface area (TPSA) is 112 Å². The molecule has 1 aromatic heterocycles. The highest BCUT2D eigenvalue weighted by molar-refractivity contribution is 7.89.